The number of nitrogens with zero attached hydrogens (tertiary/aromatic N) is 1. The van der Waals surface area contributed by atoms with Crippen molar-refractivity contribution in [3.63, 3.8) is 0 Å². The summed E-state index contributed by atoms with van der Waals surface area (Å²) in [7, 11) is 1.51. The molecule has 0 saturated carbocycles. The van der Waals surface area contributed by atoms with Crippen LogP contribution >= 0.6 is 0 Å². The van der Waals surface area contributed by atoms with Crippen LogP contribution in [0.4, 0.5) is 11.4 Å². The molecule has 0 spiro atoms. The largest absolute Gasteiger partial charge is 0.398 e. The lowest BCUT2D eigenvalue weighted by molar-refractivity contribution is -0.384. The lowest BCUT2D eigenvalue weighted by atomic mass is 10.2. The van der Waals surface area contributed by atoms with E-state index < -0.39 is 4.92 Å². The van der Waals surface area contributed by atoms with E-state index in [2.05, 4.69) is 0 Å². The van der Waals surface area contributed by atoms with E-state index in [9.17, 15) is 10.1 Å². The van der Waals surface area contributed by atoms with E-state index in [1.165, 1.54) is 25.3 Å². The van der Waals surface area contributed by atoms with Crippen LogP contribution in [0.2, 0.25) is 0 Å². The van der Waals surface area contributed by atoms with Gasteiger partial charge in [-0.25, -0.2) is 0 Å². The van der Waals surface area contributed by atoms with E-state index in [0.29, 0.717) is 11.3 Å². The molecule has 5 heteroatoms. The number of ether oxygens (including phenoxy) is 1. The van der Waals surface area contributed by atoms with Crippen molar-refractivity contribution in [1.29, 1.82) is 0 Å². The minimum absolute atomic E-state index is 0.0289. The lowest BCUT2D eigenvalue weighted by Crippen LogP contribution is -1.97. The molecular formula is C10H16N2O3. The molecule has 0 radical (unpaired) electrons. The van der Waals surface area contributed by atoms with Crippen LogP contribution in [-0.4, -0.2) is 12.0 Å². The molecule has 0 aliphatic heterocycles. The van der Waals surface area contributed by atoms with Crippen LogP contribution < -0.4 is 5.73 Å². The van der Waals surface area contributed by atoms with Crippen molar-refractivity contribution in [3.05, 3.63) is 33.9 Å². The predicted molar refractivity (Wildman–Crippen MR) is 59.6 cm³/mol. The maximum atomic E-state index is 10.4. The van der Waals surface area contributed by atoms with Crippen molar-refractivity contribution in [2.24, 2.45) is 0 Å². The zero-order valence-corrected chi connectivity index (χ0v) is 9.19. The Morgan fingerprint density at radius 1 is 1.47 bits per heavy atom. The van der Waals surface area contributed by atoms with Gasteiger partial charge in [-0.05, 0) is 6.07 Å². The Bertz CT molecular complexity index is 326. The molecule has 15 heavy (non-hydrogen) atoms. The highest BCUT2D eigenvalue weighted by Gasteiger charge is 2.08. The molecule has 0 atom stereocenters. The molecule has 2 N–H and O–H groups in total. The van der Waals surface area contributed by atoms with E-state index in [-0.39, 0.29) is 12.3 Å². The third kappa shape index (κ3) is 3.95. The first-order valence-electron chi connectivity index (χ1n) is 4.67. The summed E-state index contributed by atoms with van der Waals surface area (Å²) in [6, 6.07) is 4.29. The average Bonchev–Trinajstić information content (AvgIpc) is 2.24. The van der Waals surface area contributed by atoms with Crippen LogP contribution in [0.25, 0.3) is 0 Å². The van der Waals surface area contributed by atoms with Gasteiger partial charge in [0, 0.05) is 30.5 Å². The number of rotatable bonds is 3. The molecule has 1 aromatic rings. The molecule has 1 rings (SSSR count). The van der Waals surface area contributed by atoms with Crippen molar-refractivity contribution in [2.45, 2.75) is 20.5 Å². The Balaban J connectivity index is 0.000000921. The quantitative estimate of drug-likeness (QED) is 0.474. The summed E-state index contributed by atoms with van der Waals surface area (Å²) in [4.78, 5) is 9.93. The minimum Gasteiger partial charge on any atom is -0.398 e. The van der Waals surface area contributed by atoms with Gasteiger partial charge in [-0.1, -0.05) is 13.8 Å². The van der Waals surface area contributed by atoms with Crippen molar-refractivity contribution in [3.8, 4) is 0 Å². The molecule has 84 valence electrons. The molecule has 0 bridgehead atoms. The third-order valence-corrected chi connectivity index (χ3v) is 1.64. The SMILES string of the molecule is CC.COCc1cc([N+](=O)[O-])ccc1N. The van der Waals surface area contributed by atoms with E-state index in [1.807, 2.05) is 13.8 Å². The molecule has 1 aromatic carbocycles. The molecular weight excluding hydrogens is 196 g/mol. The molecule has 0 unspecified atom stereocenters. The standard InChI is InChI=1S/C8H10N2O3.C2H6/c1-13-5-6-4-7(10(11)12)2-3-8(6)9;1-2/h2-4H,5,9H2,1H3;1-2H3. The summed E-state index contributed by atoms with van der Waals surface area (Å²) in [6.45, 7) is 4.29. The summed E-state index contributed by atoms with van der Waals surface area (Å²) in [5.41, 5.74) is 6.74. The van der Waals surface area contributed by atoms with Gasteiger partial charge in [-0.2, -0.15) is 0 Å². The lowest BCUT2D eigenvalue weighted by Gasteiger charge is -2.03. The number of methoxy groups -OCH3 is 1. The zero-order valence-electron chi connectivity index (χ0n) is 9.19. The topological polar surface area (TPSA) is 78.4 Å². The number of nitro benzene ring substituents is 1. The van der Waals surface area contributed by atoms with Crippen molar-refractivity contribution in [1.82, 2.24) is 0 Å². The summed E-state index contributed by atoms with van der Waals surface area (Å²) < 4.78 is 4.84. The van der Waals surface area contributed by atoms with Gasteiger partial charge in [0.2, 0.25) is 0 Å². The fourth-order valence-corrected chi connectivity index (χ4v) is 0.986. The van der Waals surface area contributed by atoms with Gasteiger partial charge in [0.15, 0.2) is 0 Å². The Morgan fingerprint density at radius 3 is 2.53 bits per heavy atom. The molecule has 0 heterocycles. The summed E-state index contributed by atoms with van der Waals surface area (Å²) in [5.74, 6) is 0. The van der Waals surface area contributed by atoms with Crippen molar-refractivity contribution in [2.75, 3.05) is 12.8 Å². The number of hydrogen-bond donors (Lipinski definition) is 1. The second kappa shape index (κ2) is 6.78. The van der Waals surface area contributed by atoms with E-state index in [1.54, 1.807) is 0 Å². The molecule has 0 amide bonds. The first-order chi connectivity index (χ1) is 7.15. The minimum atomic E-state index is -0.460. The highest BCUT2D eigenvalue weighted by atomic mass is 16.6. The van der Waals surface area contributed by atoms with Gasteiger partial charge in [-0.15, -0.1) is 0 Å². The second-order valence-electron chi connectivity index (χ2n) is 2.57. The van der Waals surface area contributed by atoms with Crippen LogP contribution in [0.5, 0.6) is 0 Å². The van der Waals surface area contributed by atoms with Gasteiger partial charge < -0.3 is 10.5 Å². The Morgan fingerprint density at radius 2 is 2.07 bits per heavy atom. The fraction of sp³-hybridized carbons (Fsp3) is 0.400. The summed E-state index contributed by atoms with van der Waals surface area (Å²) in [5, 5.41) is 10.4. The molecule has 0 aliphatic rings. The van der Waals surface area contributed by atoms with Crippen molar-refractivity contribution < 1.29 is 9.66 Å². The number of nitrogens with two attached hydrogens (primary N) is 1. The number of nitro groups is 1. The number of benzene rings is 1. The van der Waals surface area contributed by atoms with Gasteiger partial charge in [0.1, 0.15) is 0 Å². The maximum absolute atomic E-state index is 10.4. The monoisotopic (exact) mass is 212 g/mol. The van der Waals surface area contributed by atoms with Crippen LogP contribution in [0.15, 0.2) is 18.2 Å². The highest BCUT2D eigenvalue weighted by molar-refractivity contribution is 5.52. The number of hydrogen-bond acceptors (Lipinski definition) is 4. The van der Waals surface area contributed by atoms with E-state index in [4.69, 9.17) is 10.5 Å². The first kappa shape index (κ1) is 13.4. The Kier molecular flexibility index (Phi) is 6.05. The van der Waals surface area contributed by atoms with Crippen LogP contribution in [0, 0.1) is 10.1 Å². The second-order valence-corrected chi connectivity index (χ2v) is 2.57. The zero-order chi connectivity index (χ0) is 11.8. The van der Waals surface area contributed by atoms with E-state index in [0.717, 1.165) is 0 Å². The number of non-ortho nitro benzene ring substituents is 1. The van der Waals surface area contributed by atoms with Gasteiger partial charge in [0.25, 0.3) is 5.69 Å². The maximum Gasteiger partial charge on any atom is 0.269 e. The average molecular weight is 212 g/mol. The molecule has 0 fully saturated rings. The molecule has 0 aromatic heterocycles. The van der Waals surface area contributed by atoms with E-state index >= 15 is 0 Å². The number of nitrogen functional groups attached to an aromatic ring is 1. The van der Waals surface area contributed by atoms with Gasteiger partial charge >= 0.3 is 0 Å². The molecule has 5 nitrogen and oxygen atoms in total. The van der Waals surface area contributed by atoms with Gasteiger partial charge in [0.05, 0.1) is 11.5 Å². The molecule has 0 aliphatic carbocycles. The third-order valence-electron chi connectivity index (χ3n) is 1.64. The van der Waals surface area contributed by atoms with Gasteiger partial charge in [-0.3, -0.25) is 10.1 Å². The predicted octanol–water partition coefficient (Wildman–Crippen LogP) is 2.35. The fourth-order valence-electron chi connectivity index (χ4n) is 0.986. The van der Waals surface area contributed by atoms with Crippen LogP contribution in [0.3, 0.4) is 0 Å². The Labute approximate surface area is 89.0 Å². The van der Waals surface area contributed by atoms with Crippen molar-refractivity contribution >= 4 is 11.4 Å². The smallest absolute Gasteiger partial charge is 0.269 e. The Hall–Kier alpha value is -1.62. The first-order valence-corrected chi connectivity index (χ1v) is 4.67. The summed E-state index contributed by atoms with van der Waals surface area (Å²) >= 11 is 0. The number of anilines is 1. The highest BCUT2D eigenvalue weighted by Crippen LogP contribution is 2.19. The van der Waals surface area contributed by atoms with Crippen LogP contribution in [-0.2, 0) is 11.3 Å². The normalized spacial score (nSPS) is 9.00. The molecule has 0 saturated heterocycles. The van der Waals surface area contributed by atoms with Crippen LogP contribution in [0.1, 0.15) is 19.4 Å². The summed E-state index contributed by atoms with van der Waals surface area (Å²) in [6.07, 6.45) is 0.